The Kier molecular flexibility index (Phi) is 7.91. The van der Waals surface area contributed by atoms with Gasteiger partial charge in [-0.3, -0.25) is 4.79 Å². The smallest absolute Gasteiger partial charge is 0.246 e. The first-order valence-electron chi connectivity index (χ1n) is 12.1. The van der Waals surface area contributed by atoms with Crippen LogP contribution in [0.15, 0.2) is 53.4 Å². The molecule has 4 rings (SSSR count). The first kappa shape index (κ1) is 24.7. The lowest BCUT2D eigenvalue weighted by molar-refractivity contribution is 0.100. The number of carbonyl (C=O) groups excluding carboxylic acids is 1. The van der Waals surface area contributed by atoms with Gasteiger partial charge in [-0.1, -0.05) is 37.3 Å². The van der Waals surface area contributed by atoms with Gasteiger partial charge in [0.15, 0.2) is 5.78 Å². The van der Waals surface area contributed by atoms with Gasteiger partial charge in [0.2, 0.25) is 10.0 Å². The number of nitrogens with one attached hydrogen (secondary N) is 1. The van der Waals surface area contributed by atoms with E-state index in [0.29, 0.717) is 36.1 Å². The van der Waals surface area contributed by atoms with Crippen molar-refractivity contribution in [1.29, 1.82) is 0 Å². The first-order chi connectivity index (χ1) is 16.4. The Labute approximate surface area is 203 Å². The van der Waals surface area contributed by atoms with E-state index < -0.39 is 10.0 Å². The van der Waals surface area contributed by atoms with Crippen molar-refractivity contribution in [3.05, 3.63) is 54.1 Å². The highest BCUT2D eigenvalue weighted by atomic mass is 32.2. The van der Waals surface area contributed by atoms with E-state index in [0.717, 1.165) is 31.8 Å². The summed E-state index contributed by atoms with van der Waals surface area (Å²) in [6.45, 7) is 5.62. The third kappa shape index (κ3) is 5.62. The highest BCUT2D eigenvalue weighted by Crippen LogP contribution is 2.32. The highest BCUT2D eigenvalue weighted by Gasteiger charge is 2.34. The van der Waals surface area contributed by atoms with E-state index in [-0.39, 0.29) is 17.2 Å². The van der Waals surface area contributed by atoms with Crippen LogP contribution in [0.25, 0.3) is 0 Å². The zero-order valence-corrected chi connectivity index (χ0v) is 20.9. The average molecular weight is 486 g/mol. The Morgan fingerprint density at radius 2 is 1.68 bits per heavy atom. The predicted molar refractivity (Wildman–Crippen MR) is 134 cm³/mol. The Bertz CT molecular complexity index is 1070. The van der Waals surface area contributed by atoms with Crippen LogP contribution in [0.2, 0.25) is 0 Å². The maximum Gasteiger partial charge on any atom is 0.246 e. The van der Waals surface area contributed by atoms with Crippen molar-refractivity contribution in [2.75, 3.05) is 45.2 Å². The minimum absolute atomic E-state index is 0.0602. The summed E-state index contributed by atoms with van der Waals surface area (Å²) >= 11 is 0. The molecular formula is C26H35N3O4S. The molecule has 7 nitrogen and oxygen atoms in total. The van der Waals surface area contributed by atoms with Crippen LogP contribution in [0.3, 0.4) is 0 Å². The lowest BCUT2D eigenvalue weighted by Gasteiger charge is -2.41. The summed E-state index contributed by atoms with van der Waals surface area (Å²) in [5.74, 6) is 1.04. The van der Waals surface area contributed by atoms with Gasteiger partial charge < -0.3 is 15.0 Å². The average Bonchev–Trinajstić information content (AvgIpc) is 2.88. The molecule has 2 aromatic carbocycles. The van der Waals surface area contributed by atoms with Crippen LogP contribution < -0.4 is 10.1 Å². The number of sulfonamides is 1. The maximum atomic E-state index is 13.5. The zero-order valence-electron chi connectivity index (χ0n) is 20.1. The van der Waals surface area contributed by atoms with Gasteiger partial charge in [-0.2, -0.15) is 4.31 Å². The van der Waals surface area contributed by atoms with Crippen LogP contribution in [0.5, 0.6) is 5.75 Å². The van der Waals surface area contributed by atoms with E-state index in [1.807, 2.05) is 18.2 Å². The second-order valence-corrected chi connectivity index (χ2v) is 11.3. The molecule has 34 heavy (non-hydrogen) atoms. The van der Waals surface area contributed by atoms with Crippen molar-refractivity contribution in [2.45, 2.75) is 43.5 Å². The number of benzene rings is 2. The van der Waals surface area contributed by atoms with Gasteiger partial charge in [-0.15, -0.1) is 0 Å². The van der Waals surface area contributed by atoms with Gasteiger partial charge in [-0.05, 0) is 62.9 Å². The summed E-state index contributed by atoms with van der Waals surface area (Å²) < 4.78 is 34.1. The molecule has 1 N–H and O–H groups in total. The van der Waals surface area contributed by atoms with E-state index in [4.69, 9.17) is 4.74 Å². The van der Waals surface area contributed by atoms with Crippen LogP contribution in [-0.2, 0) is 10.0 Å². The summed E-state index contributed by atoms with van der Waals surface area (Å²) in [4.78, 5) is 15.1. The standard InChI is InChI=1S/C26H35N3O4S/c1-20-10-14-28(15-11-20)23-12-16-29(17-13-23)34(31,32)26-18-22(8-9-25(26)33-2)27-19-24(30)21-6-4-3-5-7-21/h3-9,18,20,23,27H,10-17,19H2,1-2H3. The number of Topliss-reactive ketones (excluding diaryl/α,β-unsaturated/α-hetero) is 1. The first-order valence-corrected chi connectivity index (χ1v) is 13.6. The summed E-state index contributed by atoms with van der Waals surface area (Å²) in [7, 11) is -2.24. The number of carbonyl (C=O) groups is 1. The number of ether oxygens (including phenoxy) is 1. The van der Waals surface area contributed by atoms with Gasteiger partial charge in [0.1, 0.15) is 10.6 Å². The summed E-state index contributed by atoms with van der Waals surface area (Å²) in [6, 6.07) is 14.4. The van der Waals surface area contributed by atoms with E-state index in [1.54, 1.807) is 34.6 Å². The Hall–Kier alpha value is -2.42. The Balaban J connectivity index is 1.43. The molecular weight excluding hydrogens is 450 g/mol. The minimum Gasteiger partial charge on any atom is -0.495 e. The van der Waals surface area contributed by atoms with Crippen LogP contribution in [0.4, 0.5) is 5.69 Å². The molecule has 2 aliphatic heterocycles. The molecule has 0 aliphatic carbocycles. The van der Waals surface area contributed by atoms with Gasteiger partial charge >= 0.3 is 0 Å². The molecule has 0 aromatic heterocycles. The fraction of sp³-hybridized carbons (Fsp3) is 0.500. The number of methoxy groups -OCH3 is 1. The minimum atomic E-state index is -3.72. The Morgan fingerprint density at radius 3 is 2.32 bits per heavy atom. The fourth-order valence-electron chi connectivity index (χ4n) is 4.88. The topological polar surface area (TPSA) is 78.9 Å². The second-order valence-electron chi connectivity index (χ2n) is 9.36. The van der Waals surface area contributed by atoms with E-state index >= 15 is 0 Å². The van der Waals surface area contributed by atoms with Gasteiger partial charge in [0, 0.05) is 30.4 Å². The van der Waals surface area contributed by atoms with Crippen molar-refractivity contribution in [2.24, 2.45) is 5.92 Å². The summed E-state index contributed by atoms with van der Waals surface area (Å²) in [5, 5.41) is 3.07. The van der Waals surface area contributed by atoms with E-state index in [9.17, 15) is 13.2 Å². The number of piperidine rings is 2. The van der Waals surface area contributed by atoms with Gasteiger partial charge in [0.25, 0.3) is 0 Å². The molecule has 2 aliphatic rings. The van der Waals surface area contributed by atoms with Crippen molar-refractivity contribution in [3.8, 4) is 5.75 Å². The SMILES string of the molecule is COc1ccc(NCC(=O)c2ccccc2)cc1S(=O)(=O)N1CCC(N2CCC(C)CC2)CC1. The van der Waals surface area contributed by atoms with Crippen LogP contribution >= 0.6 is 0 Å². The molecule has 0 radical (unpaired) electrons. The molecule has 2 heterocycles. The number of anilines is 1. The van der Waals surface area contributed by atoms with E-state index in [1.165, 1.54) is 20.0 Å². The molecule has 2 fully saturated rings. The quantitative estimate of drug-likeness (QED) is 0.572. The number of rotatable bonds is 8. The van der Waals surface area contributed by atoms with Crippen LogP contribution in [0, 0.1) is 5.92 Å². The second kappa shape index (κ2) is 10.9. The van der Waals surface area contributed by atoms with Crippen molar-refractivity contribution in [3.63, 3.8) is 0 Å². The van der Waals surface area contributed by atoms with Gasteiger partial charge in [0.05, 0.1) is 13.7 Å². The Morgan fingerprint density at radius 1 is 1.00 bits per heavy atom. The largest absolute Gasteiger partial charge is 0.495 e. The fourth-order valence-corrected chi connectivity index (χ4v) is 6.53. The number of hydrogen-bond donors (Lipinski definition) is 1. The molecule has 2 saturated heterocycles. The van der Waals surface area contributed by atoms with Gasteiger partial charge in [-0.25, -0.2) is 8.42 Å². The monoisotopic (exact) mass is 485 g/mol. The number of nitrogens with zero attached hydrogens (tertiary/aromatic N) is 2. The van der Waals surface area contributed by atoms with Crippen LogP contribution in [-0.4, -0.2) is 69.3 Å². The molecule has 0 unspecified atom stereocenters. The highest BCUT2D eigenvalue weighted by molar-refractivity contribution is 7.89. The van der Waals surface area contributed by atoms with Crippen LogP contribution in [0.1, 0.15) is 43.0 Å². The normalized spacial score (nSPS) is 19.1. The molecule has 8 heteroatoms. The number of ketones is 1. The summed E-state index contributed by atoms with van der Waals surface area (Å²) in [6.07, 6.45) is 4.14. The molecule has 0 amide bonds. The third-order valence-corrected chi connectivity index (χ3v) is 9.01. The number of hydrogen-bond acceptors (Lipinski definition) is 6. The number of likely N-dealkylation sites (tertiary alicyclic amines) is 1. The van der Waals surface area contributed by atoms with Crippen molar-refractivity contribution >= 4 is 21.5 Å². The lowest BCUT2D eigenvalue weighted by Crippen LogP contribution is -2.48. The third-order valence-electron chi connectivity index (χ3n) is 7.09. The molecule has 0 saturated carbocycles. The zero-order chi connectivity index (χ0) is 24.1. The lowest BCUT2D eigenvalue weighted by atomic mass is 9.95. The maximum absolute atomic E-state index is 13.5. The van der Waals surface area contributed by atoms with Crippen molar-refractivity contribution in [1.82, 2.24) is 9.21 Å². The molecule has 184 valence electrons. The summed E-state index contributed by atoms with van der Waals surface area (Å²) in [5.41, 5.74) is 1.18. The molecule has 0 bridgehead atoms. The van der Waals surface area contributed by atoms with Crippen molar-refractivity contribution < 1.29 is 17.9 Å². The molecule has 0 spiro atoms. The predicted octanol–water partition coefficient (Wildman–Crippen LogP) is 3.88. The van der Waals surface area contributed by atoms with E-state index in [2.05, 4.69) is 17.1 Å². The molecule has 0 atom stereocenters. The molecule has 2 aromatic rings.